The third kappa shape index (κ3) is 5.10. The molecule has 8 nitrogen and oxygen atoms in total. The molecule has 168 valence electrons. The molecule has 0 radical (unpaired) electrons. The maximum absolute atomic E-state index is 12.8. The van der Waals surface area contributed by atoms with E-state index in [-0.39, 0.29) is 5.91 Å². The molecular weight excluding hydrogens is 410 g/mol. The predicted molar refractivity (Wildman–Crippen MR) is 126 cm³/mol. The number of guanidine groups is 1. The van der Waals surface area contributed by atoms with Gasteiger partial charge >= 0.3 is 0 Å². The number of aliphatic imine (C=N–C) groups is 1. The van der Waals surface area contributed by atoms with Crippen LogP contribution < -0.4 is 10.2 Å². The van der Waals surface area contributed by atoms with E-state index in [4.69, 9.17) is 0 Å². The molecule has 0 spiro atoms. The highest BCUT2D eigenvalue weighted by Gasteiger charge is 2.29. The van der Waals surface area contributed by atoms with Crippen LogP contribution in [-0.4, -0.2) is 77.8 Å². The second-order valence-corrected chi connectivity index (χ2v) is 9.50. The van der Waals surface area contributed by atoms with Crippen LogP contribution >= 0.6 is 11.3 Å². The minimum Gasteiger partial charge on any atom is -0.354 e. The Labute approximate surface area is 188 Å². The molecule has 2 fully saturated rings. The normalized spacial score (nSPS) is 20.4. The average molecular weight is 444 g/mol. The second-order valence-electron chi connectivity index (χ2n) is 8.52. The van der Waals surface area contributed by atoms with Gasteiger partial charge in [0, 0.05) is 44.8 Å². The van der Waals surface area contributed by atoms with Crippen molar-refractivity contribution in [3.8, 4) is 0 Å². The number of aryl methyl sites for hydroxylation is 1. The van der Waals surface area contributed by atoms with Crippen molar-refractivity contribution in [2.24, 2.45) is 18.0 Å². The standard InChI is InChI=1S/C22H33N7OS/c1-17-6-8-27(9-7-17)19(20-5-4-12-31-20)14-24-22(23-2)28-10-11-29(21(30)16-28)18-13-25-26(3)15-18/h4-5,12-13,15,17,19H,6-11,14,16H2,1-3H3,(H,23,24). The molecule has 9 heteroatoms. The lowest BCUT2D eigenvalue weighted by Crippen LogP contribution is -2.56. The van der Waals surface area contributed by atoms with Crippen LogP contribution in [0.5, 0.6) is 0 Å². The Morgan fingerprint density at radius 1 is 1.32 bits per heavy atom. The number of anilines is 1. The summed E-state index contributed by atoms with van der Waals surface area (Å²) in [5.41, 5.74) is 0.854. The van der Waals surface area contributed by atoms with Gasteiger partial charge in [-0.15, -0.1) is 11.3 Å². The molecule has 2 aromatic heterocycles. The number of piperazine rings is 1. The van der Waals surface area contributed by atoms with Gasteiger partial charge in [0.1, 0.15) is 6.54 Å². The van der Waals surface area contributed by atoms with E-state index in [1.54, 1.807) is 22.8 Å². The lowest BCUT2D eigenvalue weighted by molar-refractivity contribution is -0.120. The van der Waals surface area contributed by atoms with Gasteiger partial charge in [-0.1, -0.05) is 13.0 Å². The number of hydrogen-bond acceptors (Lipinski definition) is 5. The first-order chi connectivity index (χ1) is 15.0. The van der Waals surface area contributed by atoms with Gasteiger partial charge in [-0.3, -0.25) is 19.4 Å². The first-order valence-corrected chi connectivity index (χ1v) is 11.9. The van der Waals surface area contributed by atoms with Crippen LogP contribution in [0.15, 0.2) is 34.9 Å². The lowest BCUT2D eigenvalue weighted by atomic mass is 9.97. The number of aromatic nitrogens is 2. The highest BCUT2D eigenvalue weighted by molar-refractivity contribution is 7.10. The molecule has 0 aromatic carbocycles. The van der Waals surface area contributed by atoms with Gasteiger partial charge in [0.15, 0.2) is 5.96 Å². The van der Waals surface area contributed by atoms with Crippen LogP contribution in [0.1, 0.15) is 30.7 Å². The minimum atomic E-state index is 0.0713. The second kappa shape index (κ2) is 9.82. The smallest absolute Gasteiger partial charge is 0.246 e. The number of likely N-dealkylation sites (tertiary alicyclic amines) is 1. The fraction of sp³-hybridized carbons (Fsp3) is 0.591. The first kappa shape index (κ1) is 21.8. The number of amides is 1. The van der Waals surface area contributed by atoms with E-state index in [9.17, 15) is 4.79 Å². The summed E-state index contributed by atoms with van der Waals surface area (Å²) in [7, 11) is 3.66. The van der Waals surface area contributed by atoms with Crippen LogP contribution in [0.3, 0.4) is 0 Å². The zero-order valence-electron chi connectivity index (χ0n) is 18.7. The van der Waals surface area contributed by atoms with Crippen molar-refractivity contribution in [1.29, 1.82) is 0 Å². The monoisotopic (exact) mass is 443 g/mol. The van der Waals surface area contributed by atoms with Crippen LogP contribution in [0, 0.1) is 5.92 Å². The summed E-state index contributed by atoms with van der Waals surface area (Å²) in [6, 6.07) is 4.69. The zero-order chi connectivity index (χ0) is 21.8. The van der Waals surface area contributed by atoms with Crippen molar-refractivity contribution in [3.63, 3.8) is 0 Å². The first-order valence-electron chi connectivity index (χ1n) is 11.1. The molecule has 2 aromatic rings. The van der Waals surface area contributed by atoms with Crippen LogP contribution in [-0.2, 0) is 11.8 Å². The van der Waals surface area contributed by atoms with E-state index >= 15 is 0 Å². The molecule has 1 amide bonds. The molecular formula is C22H33N7OS. The Morgan fingerprint density at radius 3 is 2.74 bits per heavy atom. The fourth-order valence-corrected chi connectivity index (χ4v) is 5.29. The number of nitrogens with one attached hydrogen (secondary N) is 1. The molecule has 0 saturated carbocycles. The summed E-state index contributed by atoms with van der Waals surface area (Å²) >= 11 is 1.82. The molecule has 1 unspecified atom stereocenters. The summed E-state index contributed by atoms with van der Waals surface area (Å²) < 4.78 is 1.72. The largest absolute Gasteiger partial charge is 0.354 e. The van der Waals surface area contributed by atoms with E-state index < -0.39 is 0 Å². The van der Waals surface area contributed by atoms with Crippen LogP contribution in [0.2, 0.25) is 0 Å². The summed E-state index contributed by atoms with van der Waals surface area (Å²) in [6.07, 6.45) is 6.13. The zero-order valence-corrected chi connectivity index (χ0v) is 19.5. The Morgan fingerprint density at radius 2 is 2.13 bits per heavy atom. The summed E-state index contributed by atoms with van der Waals surface area (Å²) in [5.74, 6) is 1.68. The number of hydrogen-bond donors (Lipinski definition) is 1. The predicted octanol–water partition coefficient (Wildman–Crippen LogP) is 2.18. The quantitative estimate of drug-likeness (QED) is 0.567. The lowest BCUT2D eigenvalue weighted by Gasteiger charge is -2.38. The highest BCUT2D eigenvalue weighted by Crippen LogP contribution is 2.29. The number of carbonyl (C=O) groups excluding carboxylic acids is 1. The molecule has 31 heavy (non-hydrogen) atoms. The Bertz CT molecular complexity index is 886. The van der Waals surface area contributed by atoms with Gasteiger partial charge in [-0.05, 0) is 43.3 Å². The van der Waals surface area contributed by atoms with Gasteiger partial charge in [0.05, 0.1) is 17.9 Å². The van der Waals surface area contributed by atoms with E-state index in [1.807, 2.05) is 24.6 Å². The summed E-state index contributed by atoms with van der Waals surface area (Å²) in [5, 5.41) is 9.91. The number of carbonyl (C=O) groups is 1. The Kier molecular flexibility index (Phi) is 6.92. The van der Waals surface area contributed by atoms with E-state index in [2.05, 4.69) is 49.6 Å². The maximum atomic E-state index is 12.8. The highest BCUT2D eigenvalue weighted by atomic mass is 32.1. The van der Waals surface area contributed by atoms with E-state index in [1.165, 1.54) is 17.7 Å². The maximum Gasteiger partial charge on any atom is 0.246 e. The van der Waals surface area contributed by atoms with Crippen molar-refractivity contribution >= 4 is 28.9 Å². The van der Waals surface area contributed by atoms with Crippen molar-refractivity contribution in [2.75, 3.05) is 51.2 Å². The molecule has 4 heterocycles. The molecule has 1 N–H and O–H groups in total. The molecule has 0 aliphatic carbocycles. The number of rotatable bonds is 5. The van der Waals surface area contributed by atoms with Gasteiger partial charge < -0.3 is 15.1 Å². The summed E-state index contributed by atoms with van der Waals surface area (Å²) in [6.45, 7) is 7.09. The molecule has 2 aliphatic rings. The molecule has 1 atom stereocenters. The average Bonchev–Trinajstić information content (AvgIpc) is 3.44. The van der Waals surface area contributed by atoms with Gasteiger partial charge in [-0.2, -0.15) is 5.10 Å². The van der Waals surface area contributed by atoms with Gasteiger partial charge in [-0.25, -0.2) is 0 Å². The van der Waals surface area contributed by atoms with Crippen LogP contribution in [0.25, 0.3) is 0 Å². The topological polar surface area (TPSA) is 69.0 Å². The third-order valence-electron chi connectivity index (χ3n) is 6.32. The Balaban J connectivity index is 1.38. The van der Waals surface area contributed by atoms with Crippen molar-refractivity contribution in [2.45, 2.75) is 25.8 Å². The molecule has 2 aliphatic heterocycles. The van der Waals surface area contributed by atoms with Crippen molar-refractivity contribution < 1.29 is 4.79 Å². The number of nitrogens with zero attached hydrogens (tertiary/aromatic N) is 6. The van der Waals surface area contributed by atoms with Crippen molar-refractivity contribution in [1.82, 2.24) is 24.9 Å². The molecule has 4 rings (SSSR count). The Hall–Kier alpha value is -2.39. The van der Waals surface area contributed by atoms with E-state index in [0.717, 1.165) is 43.7 Å². The number of piperidine rings is 1. The van der Waals surface area contributed by atoms with Gasteiger partial charge in [0.25, 0.3) is 0 Å². The van der Waals surface area contributed by atoms with Crippen LogP contribution in [0.4, 0.5) is 5.69 Å². The molecule has 0 bridgehead atoms. The van der Waals surface area contributed by atoms with Crippen molar-refractivity contribution in [3.05, 3.63) is 34.8 Å². The van der Waals surface area contributed by atoms with E-state index in [0.29, 0.717) is 19.1 Å². The summed E-state index contributed by atoms with van der Waals surface area (Å²) in [4.78, 5) is 25.1. The SMILES string of the molecule is CN=C(NCC(c1cccs1)N1CCC(C)CC1)N1CCN(c2cnn(C)c2)C(=O)C1. The molecule has 2 saturated heterocycles. The fourth-order valence-electron chi connectivity index (χ4n) is 4.43. The van der Waals surface area contributed by atoms with Gasteiger partial charge in [0.2, 0.25) is 5.91 Å². The number of thiophene rings is 1. The third-order valence-corrected chi connectivity index (χ3v) is 7.29. The minimum absolute atomic E-state index is 0.0713.